The molecule has 0 bridgehead atoms. The van der Waals surface area contributed by atoms with Crippen LogP contribution >= 0.6 is 0 Å². The lowest BCUT2D eigenvalue weighted by atomic mass is 9.74. The Kier molecular flexibility index (Phi) is 4.62. The molecule has 1 aromatic carbocycles. The summed E-state index contributed by atoms with van der Waals surface area (Å²) in [6.45, 7) is 7.43. The van der Waals surface area contributed by atoms with Crippen molar-refractivity contribution in [1.82, 2.24) is 14.0 Å². The summed E-state index contributed by atoms with van der Waals surface area (Å²) in [4.78, 5) is 26.8. The fraction of sp³-hybridized carbons (Fsp3) is 0.619. The van der Waals surface area contributed by atoms with Crippen molar-refractivity contribution in [3.05, 3.63) is 28.7 Å². The fourth-order valence-corrected chi connectivity index (χ4v) is 4.85. The van der Waals surface area contributed by atoms with E-state index in [1.807, 2.05) is 18.2 Å². The van der Waals surface area contributed by atoms with Gasteiger partial charge in [-0.05, 0) is 69.8 Å². The molecule has 1 spiro atoms. The Balaban J connectivity index is 1.36. The number of hydrogen-bond acceptors (Lipinski definition) is 4. The van der Waals surface area contributed by atoms with Gasteiger partial charge in [0.15, 0.2) is 0 Å². The zero-order chi connectivity index (χ0) is 20.1. The minimum Gasteiger partial charge on any atom is -0.375 e. The first-order valence-corrected chi connectivity index (χ1v) is 10.00. The van der Waals surface area contributed by atoms with Gasteiger partial charge in [0.05, 0.1) is 29.8 Å². The van der Waals surface area contributed by atoms with Crippen LogP contribution in [0.3, 0.4) is 0 Å². The molecule has 2 aliphatic rings. The number of anilines is 1. The zero-order valence-electron chi connectivity index (χ0n) is 17.2. The molecule has 152 valence electrons. The van der Waals surface area contributed by atoms with Crippen LogP contribution in [0.4, 0.5) is 5.69 Å². The molecule has 0 atom stereocenters. The Morgan fingerprint density at radius 1 is 1.14 bits per heavy atom. The van der Waals surface area contributed by atoms with Gasteiger partial charge in [0.1, 0.15) is 0 Å². The molecule has 7 heteroatoms. The SMILES string of the molecule is Cn1c(=O)n(C)c2cc(NC(=O)CN3CCC4(CC3)COC(C)(C)C4)ccc21. The van der Waals surface area contributed by atoms with Crippen molar-refractivity contribution in [3.8, 4) is 0 Å². The molecule has 0 unspecified atom stereocenters. The number of hydrogen-bond donors (Lipinski definition) is 1. The first kappa shape index (κ1) is 19.2. The molecular weight excluding hydrogens is 356 g/mol. The maximum Gasteiger partial charge on any atom is 0.328 e. The number of rotatable bonds is 3. The number of aromatic nitrogens is 2. The van der Waals surface area contributed by atoms with Gasteiger partial charge in [-0.1, -0.05) is 0 Å². The van der Waals surface area contributed by atoms with Crippen LogP contribution in [-0.2, 0) is 23.6 Å². The van der Waals surface area contributed by atoms with E-state index in [0.29, 0.717) is 12.0 Å². The third-order valence-corrected chi connectivity index (χ3v) is 6.41. The third kappa shape index (κ3) is 3.49. The van der Waals surface area contributed by atoms with Crippen LogP contribution in [0.15, 0.2) is 23.0 Å². The van der Waals surface area contributed by atoms with Crippen molar-refractivity contribution in [2.75, 3.05) is 31.6 Å². The molecule has 2 saturated heterocycles. The lowest BCUT2D eigenvalue weighted by Crippen LogP contribution is -2.44. The highest BCUT2D eigenvalue weighted by Crippen LogP contribution is 2.46. The number of imidazole rings is 1. The van der Waals surface area contributed by atoms with Crippen LogP contribution in [0.25, 0.3) is 11.0 Å². The van der Waals surface area contributed by atoms with Crippen LogP contribution in [0, 0.1) is 5.41 Å². The van der Waals surface area contributed by atoms with Gasteiger partial charge in [0, 0.05) is 19.8 Å². The van der Waals surface area contributed by atoms with E-state index in [-0.39, 0.29) is 17.2 Å². The summed E-state index contributed by atoms with van der Waals surface area (Å²) in [6.07, 6.45) is 3.28. The summed E-state index contributed by atoms with van der Waals surface area (Å²) in [7, 11) is 3.50. The molecule has 28 heavy (non-hydrogen) atoms. The third-order valence-electron chi connectivity index (χ3n) is 6.41. The van der Waals surface area contributed by atoms with Crippen LogP contribution in [0.5, 0.6) is 0 Å². The van der Waals surface area contributed by atoms with E-state index < -0.39 is 0 Å². The average molecular weight is 386 g/mol. The van der Waals surface area contributed by atoms with Crippen LogP contribution in [-0.4, -0.2) is 51.8 Å². The highest BCUT2D eigenvalue weighted by Gasteiger charge is 2.45. The first-order chi connectivity index (χ1) is 13.2. The van der Waals surface area contributed by atoms with Gasteiger partial charge in [0.2, 0.25) is 5.91 Å². The second kappa shape index (κ2) is 6.74. The van der Waals surface area contributed by atoms with E-state index in [9.17, 15) is 9.59 Å². The Bertz CT molecular complexity index is 964. The van der Waals surface area contributed by atoms with Gasteiger partial charge >= 0.3 is 5.69 Å². The summed E-state index contributed by atoms with van der Waals surface area (Å²) in [6, 6.07) is 5.58. The number of nitrogens with zero attached hydrogens (tertiary/aromatic N) is 3. The van der Waals surface area contributed by atoms with Gasteiger partial charge in [-0.2, -0.15) is 0 Å². The number of nitrogens with one attached hydrogen (secondary N) is 1. The van der Waals surface area contributed by atoms with Crippen molar-refractivity contribution < 1.29 is 9.53 Å². The average Bonchev–Trinajstić information content (AvgIpc) is 3.06. The van der Waals surface area contributed by atoms with Gasteiger partial charge in [-0.25, -0.2) is 4.79 Å². The number of ether oxygens (including phenoxy) is 1. The van der Waals surface area contributed by atoms with Crippen molar-refractivity contribution >= 4 is 22.6 Å². The topological polar surface area (TPSA) is 68.5 Å². The molecule has 3 heterocycles. The molecule has 7 nitrogen and oxygen atoms in total. The van der Waals surface area contributed by atoms with Crippen LogP contribution < -0.4 is 11.0 Å². The van der Waals surface area contributed by atoms with E-state index in [2.05, 4.69) is 24.1 Å². The van der Waals surface area contributed by atoms with E-state index in [1.165, 1.54) is 0 Å². The maximum absolute atomic E-state index is 12.5. The Morgan fingerprint density at radius 3 is 2.46 bits per heavy atom. The minimum atomic E-state index is -0.0696. The van der Waals surface area contributed by atoms with Crippen LogP contribution in [0.1, 0.15) is 33.1 Å². The van der Waals surface area contributed by atoms with E-state index in [4.69, 9.17) is 4.74 Å². The van der Waals surface area contributed by atoms with Crippen molar-refractivity contribution in [2.45, 2.75) is 38.7 Å². The minimum absolute atomic E-state index is 0.0146. The van der Waals surface area contributed by atoms with Gasteiger partial charge in [-0.3, -0.25) is 18.8 Å². The smallest absolute Gasteiger partial charge is 0.328 e. The molecular formula is C21H30N4O3. The monoisotopic (exact) mass is 386 g/mol. The first-order valence-electron chi connectivity index (χ1n) is 10.00. The Labute approximate surface area is 165 Å². The Hall–Kier alpha value is -2.12. The lowest BCUT2D eigenvalue weighted by Gasteiger charge is -2.38. The van der Waals surface area contributed by atoms with Crippen LogP contribution in [0.2, 0.25) is 0 Å². The van der Waals surface area contributed by atoms with E-state index in [0.717, 1.165) is 55.7 Å². The molecule has 0 radical (unpaired) electrons. The molecule has 1 N–H and O–H groups in total. The fourth-order valence-electron chi connectivity index (χ4n) is 4.85. The molecule has 4 rings (SSSR count). The predicted octanol–water partition coefficient (Wildman–Crippen LogP) is 2.10. The number of fused-ring (bicyclic) bond motifs is 1. The number of piperidine rings is 1. The summed E-state index contributed by atoms with van der Waals surface area (Å²) < 4.78 is 9.17. The maximum atomic E-state index is 12.5. The highest BCUT2D eigenvalue weighted by atomic mass is 16.5. The lowest BCUT2D eigenvalue weighted by molar-refractivity contribution is -0.117. The summed E-state index contributed by atoms with van der Waals surface area (Å²) >= 11 is 0. The summed E-state index contributed by atoms with van der Waals surface area (Å²) in [5.74, 6) is -0.0146. The predicted molar refractivity (Wildman–Crippen MR) is 110 cm³/mol. The van der Waals surface area contributed by atoms with Crippen molar-refractivity contribution in [1.29, 1.82) is 0 Å². The Morgan fingerprint density at radius 2 is 1.82 bits per heavy atom. The number of aryl methyl sites for hydroxylation is 2. The molecule has 2 aliphatic heterocycles. The molecule has 1 amide bonds. The zero-order valence-corrected chi connectivity index (χ0v) is 17.2. The number of amides is 1. The molecule has 1 aromatic heterocycles. The largest absolute Gasteiger partial charge is 0.375 e. The number of carbonyl (C=O) groups is 1. The second-order valence-corrected chi connectivity index (χ2v) is 9.15. The van der Waals surface area contributed by atoms with Gasteiger partial charge < -0.3 is 10.1 Å². The highest BCUT2D eigenvalue weighted by molar-refractivity contribution is 5.94. The van der Waals surface area contributed by atoms with E-state index >= 15 is 0 Å². The molecule has 2 aromatic rings. The normalized spacial score (nSPS) is 21.4. The van der Waals surface area contributed by atoms with E-state index in [1.54, 1.807) is 23.2 Å². The number of likely N-dealkylation sites (tertiary alicyclic amines) is 1. The molecule has 2 fully saturated rings. The summed E-state index contributed by atoms with van der Waals surface area (Å²) in [5, 5.41) is 2.98. The number of carbonyl (C=O) groups excluding carboxylic acids is 1. The molecule has 0 saturated carbocycles. The van der Waals surface area contributed by atoms with Crippen molar-refractivity contribution in [3.63, 3.8) is 0 Å². The standard InChI is InChI=1S/C21H30N4O3/c1-20(2)13-21(14-28-20)7-9-25(10-8-21)12-18(26)22-15-5-6-16-17(11-15)24(4)19(27)23(16)3/h5-6,11H,7-10,12-14H2,1-4H3,(H,22,26). The van der Waals surface area contributed by atoms with Crippen molar-refractivity contribution in [2.24, 2.45) is 19.5 Å². The quantitative estimate of drug-likeness (QED) is 0.877. The van der Waals surface area contributed by atoms with Gasteiger partial charge in [-0.15, -0.1) is 0 Å². The summed E-state index contributed by atoms with van der Waals surface area (Å²) in [5.41, 5.74) is 2.59. The van der Waals surface area contributed by atoms with Gasteiger partial charge in [0.25, 0.3) is 0 Å². The molecule has 0 aliphatic carbocycles. The number of benzene rings is 1. The second-order valence-electron chi connectivity index (χ2n) is 9.15.